The number of hydrogen-bond acceptors (Lipinski definition) is 4. The zero-order chi connectivity index (χ0) is 13.8. The summed E-state index contributed by atoms with van der Waals surface area (Å²) >= 11 is 0. The highest BCUT2D eigenvalue weighted by atomic mass is 16.7. The largest absolute Gasteiger partial charge is 0.433 e. The molecule has 18 heavy (non-hydrogen) atoms. The first-order chi connectivity index (χ1) is 8.69. The van der Waals surface area contributed by atoms with Gasteiger partial charge in [-0.05, 0) is 26.7 Å². The summed E-state index contributed by atoms with van der Waals surface area (Å²) in [7, 11) is 0. The molecule has 4 nitrogen and oxygen atoms in total. The van der Waals surface area contributed by atoms with Crippen molar-refractivity contribution in [1.82, 2.24) is 0 Å². The molecule has 0 saturated heterocycles. The summed E-state index contributed by atoms with van der Waals surface area (Å²) in [6, 6.07) is 0. The van der Waals surface area contributed by atoms with Gasteiger partial charge in [0.05, 0.1) is 5.92 Å². The van der Waals surface area contributed by atoms with Crippen molar-refractivity contribution in [3.05, 3.63) is 0 Å². The van der Waals surface area contributed by atoms with Crippen LogP contribution in [0, 0.1) is 5.92 Å². The Labute approximate surface area is 111 Å². The summed E-state index contributed by atoms with van der Waals surface area (Å²) in [4.78, 5) is 12.0. The molecular formula is C14H28O4. The Morgan fingerprint density at radius 1 is 1.11 bits per heavy atom. The highest BCUT2D eigenvalue weighted by molar-refractivity contribution is 5.72. The molecule has 0 rings (SSSR count). The Morgan fingerprint density at radius 3 is 2.33 bits per heavy atom. The fourth-order valence-electron chi connectivity index (χ4n) is 1.68. The van der Waals surface area contributed by atoms with E-state index in [4.69, 9.17) is 14.2 Å². The van der Waals surface area contributed by atoms with Crippen LogP contribution >= 0.6 is 0 Å². The van der Waals surface area contributed by atoms with Crippen LogP contribution in [0.2, 0.25) is 0 Å². The lowest BCUT2D eigenvalue weighted by Gasteiger charge is -2.20. The van der Waals surface area contributed by atoms with Crippen LogP contribution in [0.3, 0.4) is 0 Å². The fourth-order valence-corrected chi connectivity index (χ4v) is 1.68. The van der Waals surface area contributed by atoms with Crippen molar-refractivity contribution in [2.24, 2.45) is 5.92 Å². The van der Waals surface area contributed by atoms with E-state index in [9.17, 15) is 4.79 Å². The van der Waals surface area contributed by atoms with Gasteiger partial charge >= 0.3 is 5.97 Å². The molecule has 0 amide bonds. The average molecular weight is 260 g/mol. The number of ether oxygens (including phenoxy) is 3. The Kier molecular flexibility index (Phi) is 11.1. The Hall–Kier alpha value is -0.610. The van der Waals surface area contributed by atoms with Gasteiger partial charge in [-0.2, -0.15) is 0 Å². The summed E-state index contributed by atoms with van der Waals surface area (Å²) in [5, 5.41) is 0. The maximum Gasteiger partial charge on any atom is 0.311 e. The standard InChI is InChI=1S/C14H28O4/c1-5-9-10-12(6-2)14(15)18-13(17-8-4)11-16-7-3/h12-13H,5-11H2,1-4H3. The van der Waals surface area contributed by atoms with Crippen LogP contribution in [0.1, 0.15) is 53.4 Å². The molecule has 0 aliphatic rings. The molecule has 2 unspecified atom stereocenters. The van der Waals surface area contributed by atoms with Gasteiger partial charge in [-0.15, -0.1) is 0 Å². The summed E-state index contributed by atoms with van der Waals surface area (Å²) in [5.74, 6) is -0.182. The molecule has 0 saturated carbocycles. The minimum Gasteiger partial charge on any atom is -0.433 e. The zero-order valence-corrected chi connectivity index (χ0v) is 12.2. The molecule has 0 radical (unpaired) electrons. The molecular weight excluding hydrogens is 232 g/mol. The molecule has 0 aliphatic heterocycles. The summed E-state index contributed by atoms with van der Waals surface area (Å²) in [6.07, 6.45) is 3.28. The van der Waals surface area contributed by atoms with E-state index in [1.807, 2.05) is 20.8 Å². The number of carbonyl (C=O) groups is 1. The SMILES string of the molecule is CCCCC(CC)C(=O)OC(COCC)OCC. The topological polar surface area (TPSA) is 44.8 Å². The van der Waals surface area contributed by atoms with Gasteiger partial charge in [0.2, 0.25) is 6.29 Å². The number of unbranched alkanes of at least 4 members (excludes halogenated alkanes) is 1. The van der Waals surface area contributed by atoms with Crippen LogP contribution in [0.25, 0.3) is 0 Å². The molecule has 108 valence electrons. The first-order valence-corrected chi connectivity index (χ1v) is 7.09. The Bertz CT molecular complexity index is 206. The van der Waals surface area contributed by atoms with Gasteiger partial charge < -0.3 is 14.2 Å². The molecule has 0 aromatic heterocycles. The highest BCUT2D eigenvalue weighted by Gasteiger charge is 2.22. The van der Waals surface area contributed by atoms with Crippen LogP contribution in [0.15, 0.2) is 0 Å². The van der Waals surface area contributed by atoms with Gasteiger partial charge in [0, 0.05) is 13.2 Å². The van der Waals surface area contributed by atoms with Gasteiger partial charge in [-0.25, -0.2) is 0 Å². The summed E-state index contributed by atoms with van der Waals surface area (Å²) in [6.45, 7) is 9.32. The molecule has 2 atom stereocenters. The third-order valence-electron chi connectivity index (χ3n) is 2.79. The van der Waals surface area contributed by atoms with Crippen molar-refractivity contribution in [1.29, 1.82) is 0 Å². The second-order valence-electron chi connectivity index (χ2n) is 4.23. The average Bonchev–Trinajstić information content (AvgIpc) is 2.37. The highest BCUT2D eigenvalue weighted by Crippen LogP contribution is 2.15. The zero-order valence-electron chi connectivity index (χ0n) is 12.2. The van der Waals surface area contributed by atoms with Gasteiger partial charge in [-0.1, -0.05) is 26.7 Å². The third-order valence-corrected chi connectivity index (χ3v) is 2.79. The third kappa shape index (κ3) is 7.67. The minimum absolute atomic E-state index is 0.0190. The predicted molar refractivity (Wildman–Crippen MR) is 71.3 cm³/mol. The fraction of sp³-hybridized carbons (Fsp3) is 0.929. The van der Waals surface area contributed by atoms with E-state index in [1.54, 1.807) is 0 Å². The molecule has 0 aliphatic carbocycles. The van der Waals surface area contributed by atoms with Crippen LogP contribution in [-0.2, 0) is 19.0 Å². The lowest BCUT2D eigenvalue weighted by atomic mass is 10.00. The van der Waals surface area contributed by atoms with Crippen LogP contribution in [-0.4, -0.2) is 32.1 Å². The monoisotopic (exact) mass is 260 g/mol. The normalized spacial score (nSPS) is 14.2. The molecule has 0 bridgehead atoms. The first-order valence-electron chi connectivity index (χ1n) is 7.09. The number of esters is 1. The number of rotatable bonds is 11. The lowest BCUT2D eigenvalue weighted by molar-refractivity contribution is -0.194. The maximum atomic E-state index is 12.0. The molecule has 0 heterocycles. The van der Waals surface area contributed by atoms with E-state index in [1.165, 1.54) is 0 Å². The maximum absolute atomic E-state index is 12.0. The first kappa shape index (κ1) is 17.4. The van der Waals surface area contributed by atoms with E-state index < -0.39 is 6.29 Å². The Morgan fingerprint density at radius 2 is 1.83 bits per heavy atom. The number of hydrogen-bond donors (Lipinski definition) is 0. The minimum atomic E-state index is -0.571. The molecule has 4 heteroatoms. The van der Waals surface area contributed by atoms with Gasteiger partial charge in [0.1, 0.15) is 6.61 Å². The molecule has 0 aromatic carbocycles. The van der Waals surface area contributed by atoms with Crippen LogP contribution in [0.4, 0.5) is 0 Å². The quantitative estimate of drug-likeness (QED) is 0.423. The smallest absolute Gasteiger partial charge is 0.311 e. The lowest BCUT2D eigenvalue weighted by Crippen LogP contribution is -2.30. The molecule has 0 N–H and O–H groups in total. The van der Waals surface area contributed by atoms with Crippen molar-refractivity contribution < 1.29 is 19.0 Å². The van der Waals surface area contributed by atoms with Gasteiger partial charge in [-0.3, -0.25) is 4.79 Å². The second-order valence-corrected chi connectivity index (χ2v) is 4.23. The van der Waals surface area contributed by atoms with Crippen molar-refractivity contribution in [2.75, 3.05) is 19.8 Å². The van der Waals surface area contributed by atoms with Crippen LogP contribution < -0.4 is 0 Å². The summed E-state index contributed by atoms with van der Waals surface area (Å²) in [5.41, 5.74) is 0. The summed E-state index contributed by atoms with van der Waals surface area (Å²) < 4.78 is 15.9. The second kappa shape index (κ2) is 11.5. The number of carbonyl (C=O) groups excluding carboxylic acids is 1. The predicted octanol–water partition coefficient (Wildman–Crippen LogP) is 3.15. The van der Waals surface area contributed by atoms with E-state index in [0.29, 0.717) is 19.8 Å². The Balaban J connectivity index is 4.17. The van der Waals surface area contributed by atoms with Crippen molar-refractivity contribution in [3.63, 3.8) is 0 Å². The van der Waals surface area contributed by atoms with Gasteiger partial charge in [0.25, 0.3) is 0 Å². The molecule has 0 spiro atoms. The van der Waals surface area contributed by atoms with E-state index >= 15 is 0 Å². The van der Waals surface area contributed by atoms with E-state index in [2.05, 4.69) is 6.92 Å². The van der Waals surface area contributed by atoms with E-state index in [0.717, 1.165) is 25.7 Å². The van der Waals surface area contributed by atoms with Crippen molar-refractivity contribution in [3.8, 4) is 0 Å². The molecule has 0 aromatic rings. The van der Waals surface area contributed by atoms with Gasteiger partial charge in [0.15, 0.2) is 0 Å². The van der Waals surface area contributed by atoms with Crippen LogP contribution in [0.5, 0.6) is 0 Å². The van der Waals surface area contributed by atoms with E-state index in [-0.39, 0.29) is 11.9 Å². The molecule has 0 fully saturated rings. The van der Waals surface area contributed by atoms with Crippen molar-refractivity contribution >= 4 is 5.97 Å². The van der Waals surface area contributed by atoms with Crippen molar-refractivity contribution in [2.45, 2.75) is 59.7 Å².